The predicted molar refractivity (Wildman–Crippen MR) is 98.4 cm³/mol. The van der Waals surface area contributed by atoms with E-state index in [1.807, 2.05) is 13.0 Å². The van der Waals surface area contributed by atoms with Gasteiger partial charge in [-0.25, -0.2) is 0 Å². The van der Waals surface area contributed by atoms with E-state index in [0.717, 1.165) is 24.8 Å². The number of rotatable bonds is 5. The highest BCUT2D eigenvalue weighted by Crippen LogP contribution is 2.54. The Labute approximate surface area is 154 Å². The summed E-state index contributed by atoms with van der Waals surface area (Å²) in [5.41, 5.74) is 0.215. The van der Waals surface area contributed by atoms with Gasteiger partial charge in [-0.2, -0.15) is 8.42 Å². The van der Waals surface area contributed by atoms with Crippen molar-refractivity contribution in [1.82, 2.24) is 0 Å². The highest BCUT2D eigenvalue weighted by molar-refractivity contribution is 7.86. The van der Waals surface area contributed by atoms with Crippen LogP contribution >= 0.6 is 0 Å². The molecule has 0 aromatic heterocycles. The first-order valence-electron chi connectivity index (χ1n) is 9.03. The van der Waals surface area contributed by atoms with Crippen LogP contribution in [0.2, 0.25) is 0 Å². The Bertz CT molecular complexity index is 918. The van der Waals surface area contributed by atoms with E-state index in [9.17, 15) is 13.2 Å². The molecule has 2 fully saturated rings. The molecule has 0 radical (unpaired) electrons. The smallest absolute Gasteiger partial charge is 0.291 e. The largest absolute Gasteiger partial charge is 0.297 e. The predicted octanol–water partition coefficient (Wildman–Crippen LogP) is 4.14. The Hall–Kier alpha value is -1.98. The van der Waals surface area contributed by atoms with Crippen molar-refractivity contribution in [2.24, 2.45) is 11.8 Å². The second kappa shape index (κ2) is 6.32. The molecule has 0 amide bonds. The van der Waals surface area contributed by atoms with Crippen LogP contribution in [0.4, 0.5) is 0 Å². The molecule has 2 aliphatic carbocycles. The number of hydrogen-bond acceptors (Lipinski definition) is 4. The minimum absolute atomic E-state index is 0.0413. The Morgan fingerprint density at radius 2 is 1.73 bits per heavy atom. The normalized spacial score (nSPS) is 27.6. The third-order valence-electron chi connectivity index (χ3n) is 5.78. The molecule has 4 nitrogen and oxygen atoms in total. The van der Waals surface area contributed by atoms with Crippen molar-refractivity contribution in [3.8, 4) is 0 Å². The molecule has 4 rings (SSSR count). The van der Waals surface area contributed by atoms with Gasteiger partial charge in [0.2, 0.25) is 0 Å². The quantitative estimate of drug-likeness (QED) is 0.586. The minimum atomic E-state index is -4.02. The summed E-state index contributed by atoms with van der Waals surface area (Å²) in [6.45, 7) is 1.90. The Balaban J connectivity index is 1.73. The van der Waals surface area contributed by atoms with Crippen molar-refractivity contribution in [2.75, 3.05) is 0 Å². The summed E-state index contributed by atoms with van der Waals surface area (Å²) in [6.07, 6.45) is 3.23. The molecule has 5 heteroatoms. The lowest BCUT2D eigenvalue weighted by molar-refractivity contribution is 0.0208. The minimum Gasteiger partial charge on any atom is -0.291 e. The van der Waals surface area contributed by atoms with Crippen LogP contribution < -0.4 is 0 Å². The number of fused-ring (bicyclic) bond motifs is 2. The van der Waals surface area contributed by atoms with Gasteiger partial charge in [0.05, 0.1) is 4.90 Å². The second-order valence-corrected chi connectivity index (χ2v) is 9.06. The first-order valence-corrected chi connectivity index (χ1v) is 10.4. The summed E-state index contributed by atoms with van der Waals surface area (Å²) in [5.74, 6) is 0.113. The third-order valence-corrected chi connectivity index (χ3v) is 7.15. The summed E-state index contributed by atoms with van der Waals surface area (Å²) in [6, 6.07) is 15.5. The van der Waals surface area contributed by atoms with Gasteiger partial charge in [-0.15, -0.1) is 0 Å². The van der Waals surface area contributed by atoms with E-state index in [1.165, 1.54) is 0 Å². The van der Waals surface area contributed by atoms with Crippen LogP contribution in [0.3, 0.4) is 0 Å². The van der Waals surface area contributed by atoms with E-state index in [1.54, 1.807) is 48.5 Å². The Kier molecular flexibility index (Phi) is 4.24. The SMILES string of the molecule is Cc1ccc(S(=O)(=O)OC2(C(=O)c3ccccc3)CC3CCC2C3)cc1. The molecule has 0 heterocycles. The lowest BCUT2D eigenvalue weighted by Crippen LogP contribution is -2.47. The van der Waals surface area contributed by atoms with E-state index in [2.05, 4.69) is 0 Å². The van der Waals surface area contributed by atoms with Crippen molar-refractivity contribution >= 4 is 15.9 Å². The Morgan fingerprint density at radius 1 is 1.04 bits per heavy atom. The monoisotopic (exact) mass is 370 g/mol. The number of carbonyl (C=O) groups is 1. The van der Waals surface area contributed by atoms with E-state index in [4.69, 9.17) is 4.18 Å². The number of ketones is 1. The second-order valence-electron chi connectivity index (χ2n) is 7.52. The number of hydrogen-bond donors (Lipinski definition) is 0. The lowest BCUT2D eigenvalue weighted by atomic mass is 9.79. The van der Waals surface area contributed by atoms with Gasteiger partial charge in [0.1, 0.15) is 0 Å². The highest BCUT2D eigenvalue weighted by Gasteiger charge is 2.59. The number of aryl methyl sites for hydroxylation is 1. The maximum absolute atomic E-state index is 13.3. The first kappa shape index (κ1) is 17.4. The zero-order valence-corrected chi connectivity index (χ0v) is 15.5. The van der Waals surface area contributed by atoms with Gasteiger partial charge in [0, 0.05) is 5.56 Å². The van der Waals surface area contributed by atoms with Crippen LogP contribution in [0.5, 0.6) is 0 Å². The molecule has 136 valence electrons. The van der Waals surface area contributed by atoms with E-state index >= 15 is 0 Å². The van der Waals surface area contributed by atoms with Crippen LogP contribution in [0, 0.1) is 18.8 Å². The molecule has 2 bridgehead atoms. The fraction of sp³-hybridized carbons (Fsp3) is 0.381. The summed E-state index contributed by atoms with van der Waals surface area (Å²) in [7, 11) is -4.02. The number of Topliss-reactive ketones (excluding diaryl/α,β-unsaturated/α-hetero) is 1. The molecular weight excluding hydrogens is 348 g/mol. The van der Waals surface area contributed by atoms with Crippen LogP contribution in [-0.2, 0) is 14.3 Å². The van der Waals surface area contributed by atoms with E-state index in [0.29, 0.717) is 17.9 Å². The molecule has 2 saturated carbocycles. The molecule has 0 spiro atoms. The van der Waals surface area contributed by atoms with Crippen LogP contribution in [0.15, 0.2) is 59.5 Å². The molecule has 3 unspecified atom stereocenters. The lowest BCUT2D eigenvalue weighted by Gasteiger charge is -2.35. The topological polar surface area (TPSA) is 60.4 Å². The molecule has 0 N–H and O–H groups in total. The molecule has 0 aliphatic heterocycles. The van der Waals surface area contributed by atoms with Crippen molar-refractivity contribution in [3.63, 3.8) is 0 Å². The fourth-order valence-corrected chi connectivity index (χ4v) is 5.72. The molecule has 26 heavy (non-hydrogen) atoms. The van der Waals surface area contributed by atoms with Gasteiger partial charge >= 0.3 is 0 Å². The average molecular weight is 370 g/mol. The molecule has 0 saturated heterocycles. The molecular formula is C21H22O4S. The van der Waals surface area contributed by atoms with Crippen molar-refractivity contribution < 1.29 is 17.4 Å². The zero-order chi connectivity index (χ0) is 18.4. The van der Waals surface area contributed by atoms with Gasteiger partial charge in [-0.1, -0.05) is 48.0 Å². The van der Waals surface area contributed by atoms with Gasteiger partial charge in [-0.3, -0.25) is 8.98 Å². The average Bonchev–Trinajstić information content (AvgIpc) is 3.23. The van der Waals surface area contributed by atoms with Crippen LogP contribution in [-0.4, -0.2) is 19.8 Å². The maximum atomic E-state index is 13.3. The fourth-order valence-electron chi connectivity index (χ4n) is 4.48. The van der Waals surface area contributed by atoms with Crippen LogP contribution in [0.1, 0.15) is 41.6 Å². The van der Waals surface area contributed by atoms with E-state index in [-0.39, 0.29) is 16.6 Å². The van der Waals surface area contributed by atoms with Gasteiger partial charge in [0.25, 0.3) is 10.1 Å². The van der Waals surface area contributed by atoms with E-state index < -0.39 is 15.7 Å². The maximum Gasteiger partial charge on any atom is 0.297 e. The first-order chi connectivity index (χ1) is 12.4. The van der Waals surface area contributed by atoms with Gasteiger partial charge in [-0.05, 0) is 56.6 Å². The van der Waals surface area contributed by atoms with Crippen LogP contribution in [0.25, 0.3) is 0 Å². The number of carbonyl (C=O) groups excluding carboxylic acids is 1. The van der Waals surface area contributed by atoms with Crippen molar-refractivity contribution in [3.05, 3.63) is 65.7 Å². The summed E-state index contributed by atoms with van der Waals surface area (Å²) >= 11 is 0. The molecule has 2 aliphatic rings. The summed E-state index contributed by atoms with van der Waals surface area (Å²) in [4.78, 5) is 13.4. The summed E-state index contributed by atoms with van der Waals surface area (Å²) < 4.78 is 31.7. The molecule has 3 atom stereocenters. The summed E-state index contributed by atoms with van der Waals surface area (Å²) in [5, 5.41) is 0. The highest BCUT2D eigenvalue weighted by atomic mass is 32.2. The zero-order valence-electron chi connectivity index (χ0n) is 14.7. The number of benzene rings is 2. The Morgan fingerprint density at radius 3 is 2.31 bits per heavy atom. The molecule has 2 aromatic carbocycles. The third kappa shape index (κ3) is 2.89. The standard InChI is InChI=1S/C21H22O4S/c1-15-7-11-19(12-8-15)26(23,24)25-21(14-16-9-10-18(21)13-16)20(22)17-5-3-2-4-6-17/h2-8,11-12,16,18H,9-10,13-14H2,1H3. The molecule has 2 aromatic rings. The van der Waals surface area contributed by atoms with Crippen molar-refractivity contribution in [1.29, 1.82) is 0 Å². The van der Waals surface area contributed by atoms with Crippen molar-refractivity contribution in [2.45, 2.75) is 43.1 Å². The van der Waals surface area contributed by atoms with Gasteiger partial charge < -0.3 is 0 Å². The van der Waals surface area contributed by atoms with Gasteiger partial charge in [0.15, 0.2) is 11.4 Å².